The first-order chi connectivity index (χ1) is 13.7. The van der Waals surface area contributed by atoms with E-state index >= 15 is 0 Å². The Morgan fingerprint density at radius 1 is 0.900 bits per heavy atom. The predicted octanol–water partition coefficient (Wildman–Crippen LogP) is 2.71. The van der Waals surface area contributed by atoms with E-state index in [9.17, 15) is 8.42 Å². The maximum atomic E-state index is 10.4. The van der Waals surface area contributed by atoms with Crippen molar-refractivity contribution in [2.24, 2.45) is 20.2 Å². The van der Waals surface area contributed by atoms with Gasteiger partial charge in [-0.15, -0.1) is 0 Å². The quantitative estimate of drug-likeness (QED) is 0.483. The van der Waals surface area contributed by atoms with Crippen LogP contribution in [0.15, 0.2) is 55.4 Å². The van der Waals surface area contributed by atoms with Gasteiger partial charge in [-0.3, -0.25) is 25.2 Å². The summed E-state index contributed by atoms with van der Waals surface area (Å²) in [6.45, 7) is 13.9. The first-order valence-corrected chi connectivity index (χ1v) is 11.2. The summed E-state index contributed by atoms with van der Waals surface area (Å²) in [5.74, 6) is 0. The number of rotatable bonds is 5. The minimum absolute atomic E-state index is 0.0741. The minimum atomic E-state index is -4.00. The van der Waals surface area contributed by atoms with Crippen molar-refractivity contribution in [1.82, 2.24) is 10.6 Å². The van der Waals surface area contributed by atoms with E-state index in [0.717, 1.165) is 13.1 Å². The lowest BCUT2D eigenvalue weighted by atomic mass is 9.89. The maximum Gasteiger partial charge on any atom is 0.294 e. The molecule has 0 fully saturated rings. The van der Waals surface area contributed by atoms with Gasteiger partial charge in [-0.1, -0.05) is 18.2 Å². The molecule has 1 aromatic carbocycles. The number of nitrogens with one attached hydrogen (secondary N) is 2. The van der Waals surface area contributed by atoms with Crippen LogP contribution < -0.4 is 10.6 Å². The lowest BCUT2D eigenvalue weighted by Gasteiger charge is -2.38. The van der Waals surface area contributed by atoms with Gasteiger partial charge in [0.15, 0.2) is 0 Å². The van der Waals surface area contributed by atoms with E-state index < -0.39 is 32.5 Å². The van der Waals surface area contributed by atoms with Gasteiger partial charge in [0, 0.05) is 25.5 Å². The highest BCUT2D eigenvalue weighted by Gasteiger charge is 2.46. The summed E-state index contributed by atoms with van der Waals surface area (Å²) >= 11 is 0. The molecule has 2 unspecified atom stereocenters. The second-order valence-electron chi connectivity index (χ2n) is 8.64. The van der Waals surface area contributed by atoms with Crippen molar-refractivity contribution >= 4 is 22.5 Å². The van der Waals surface area contributed by atoms with Crippen LogP contribution in [0.4, 0.5) is 0 Å². The van der Waals surface area contributed by atoms with E-state index in [1.165, 1.54) is 12.1 Å². The normalized spacial score (nSPS) is 26.8. The van der Waals surface area contributed by atoms with E-state index in [2.05, 4.69) is 72.4 Å². The lowest BCUT2D eigenvalue weighted by Crippen LogP contribution is -2.55. The van der Waals surface area contributed by atoms with Gasteiger partial charge in [-0.05, 0) is 53.7 Å². The lowest BCUT2D eigenvalue weighted by molar-refractivity contribution is 0.207. The molecule has 2 aliphatic heterocycles. The van der Waals surface area contributed by atoms with Gasteiger partial charge in [0.25, 0.3) is 10.1 Å². The zero-order valence-corrected chi connectivity index (χ0v) is 19.2. The molecule has 0 aliphatic carbocycles. The number of azo groups is 1. The highest BCUT2D eigenvalue weighted by atomic mass is 32.2. The van der Waals surface area contributed by atoms with Gasteiger partial charge in [0.05, 0.1) is 4.90 Å². The molecule has 0 saturated carbocycles. The Hall–Kier alpha value is -2.01. The van der Waals surface area contributed by atoms with E-state index in [1.54, 1.807) is 18.2 Å². The van der Waals surface area contributed by atoms with Crippen LogP contribution >= 0.6 is 0 Å². The van der Waals surface area contributed by atoms with Crippen LogP contribution in [0, 0.1) is 0 Å². The molecule has 0 saturated heterocycles. The van der Waals surface area contributed by atoms with Crippen LogP contribution in [0.3, 0.4) is 0 Å². The van der Waals surface area contributed by atoms with Crippen molar-refractivity contribution in [3.05, 3.63) is 30.3 Å². The highest BCUT2D eigenvalue weighted by molar-refractivity contribution is 7.85. The standard InChI is InChI=1S/C14H26N6.C6H6O3S/c1-11(2,13(5)15-7-8-16-13)19-20-12(3,4)14(6)17-9-10-18-14;7-10(8,9)6-4-2-1-3-5-6/h7,9,16,18H,8,10H2,1-6H3;1-5H,(H,7,8,9). The molecule has 0 spiro atoms. The number of benzene rings is 1. The SMILES string of the molecule is CC(C)(N=NC(C)(C)C1(C)N=CCN1)C1(C)N=CCN1.O=S(=O)(O)c1ccccc1. The van der Waals surface area contributed by atoms with Crippen LogP contribution in [0.2, 0.25) is 0 Å². The van der Waals surface area contributed by atoms with Crippen LogP contribution in [0.25, 0.3) is 0 Å². The second-order valence-corrected chi connectivity index (χ2v) is 10.1. The minimum Gasteiger partial charge on any atom is -0.286 e. The van der Waals surface area contributed by atoms with Crippen molar-refractivity contribution in [3.63, 3.8) is 0 Å². The van der Waals surface area contributed by atoms with Crippen LogP contribution in [0.5, 0.6) is 0 Å². The van der Waals surface area contributed by atoms with Gasteiger partial charge in [0.1, 0.15) is 22.4 Å². The number of hydrogen-bond acceptors (Lipinski definition) is 8. The largest absolute Gasteiger partial charge is 0.294 e. The van der Waals surface area contributed by atoms with Gasteiger partial charge in [0.2, 0.25) is 0 Å². The van der Waals surface area contributed by atoms with Gasteiger partial charge in [-0.2, -0.15) is 18.6 Å². The molecule has 0 bridgehead atoms. The zero-order chi connectivity index (χ0) is 22.7. The summed E-state index contributed by atoms with van der Waals surface area (Å²) in [6.07, 6.45) is 3.79. The van der Waals surface area contributed by atoms with E-state index in [0.29, 0.717) is 0 Å². The molecule has 2 atom stereocenters. The summed E-state index contributed by atoms with van der Waals surface area (Å²) in [5, 5.41) is 15.9. The summed E-state index contributed by atoms with van der Waals surface area (Å²) < 4.78 is 29.2. The van der Waals surface area contributed by atoms with Crippen LogP contribution in [0.1, 0.15) is 41.5 Å². The fraction of sp³-hybridized carbons (Fsp3) is 0.600. The molecule has 2 heterocycles. The van der Waals surface area contributed by atoms with Crippen molar-refractivity contribution in [2.45, 2.75) is 68.8 Å². The maximum absolute atomic E-state index is 10.4. The monoisotopic (exact) mass is 436 g/mol. The molecular formula is C20H32N6O3S. The Morgan fingerprint density at radius 2 is 1.30 bits per heavy atom. The Bertz CT molecular complexity index is 885. The zero-order valence-electron chi connectivity index (χ0n) is 18.4. The Balaban J connectivity index is 0.000000269. The van der Waals surface area contributed by atoms with Gasteiger partial charge < -0.3 is 0 Å². The molecule has 1 aromatic rings. The van der Waals surface area contributed by atoms with Crippen molar-refractivity contribution in [1.29, 1.82) is 0 Å². The molecule has 2 aliphatic rings. The predicted molar refractivity (Wildman–Crippen MR) is 119 cm³/mol. The van der Waals surface area contributed by atoms with Crippen LogP contribution in [-0.4, -0.2) is 60.9 Å². The third-order valence-electron chi connectivity index (χ3n) is 5.75. The third kappa shape index (κ3) is 5.37. The summed E-state index contributed by atoms with van der Waals surface area (Å²) in [5.41, 5.74) is -1.65. The molecular weight excluding hydrogens is 404 g/mol. The third-order valence-corrected chi connectivity index (χ3v) is 6.62. The molecule has 166 valence electrons. The van der Waals surface area contributed by atoms with Crippen molar-refractivity contribution in [2.75, 3.05) is 13.1 Å². The molecule has 0 aromatic heterocycles. The molecule has 30 heavy (non-hydrogen) atoms. The first-order valence-electron chi connectivity index (χ1n) is 9.77. The van der Waals surface area contributed by atoms with Crippen molar-refractivity contribution in [3.8, 4) is 0 Å². The Morgan fingerprint density at radius 3 is 1.57 bits per heavy atom. The topological polar surface area (TPSA) is 128 Å². The summed E-state index contributed by atoms with van der Waals surface area (Å²) in [7, 11) is -4.00. The van der Waals surface area contributed by atoms with E-state index in [-0.39, 0.29) is 4.90 Å². The van der Waals surface area contributed by atoms with E-state index in [1.807, 2.05) is 12.4 Å². The fourth-order valence-corrected chi connectivity index (χ4v) is 3.32. The fourth-order valence-electron chi connectivity index (χ4n) is 2.82. The molecule has 9 nitrogen and oxygen atoms in total. The smallest absolute Gasteiger partial charge is 0.286 e. The summed E-state index contributed by atoms with van der Waals surface area (Å²) in [6, 6.07) is 7.42. The Labute approximate surface area is 179 Å². The molecule has 3 N–H and O–H groups in total. The highest BCUT2D eigenvalue weighted by Crippen LogP contribution is 2.34. The first kappa shape index (κ1) is 24.3. The number of aliphatic imine (C=N–C) groups is 2. The molecule has 10 heteroatoms. The molecule has 0 amide bonds. The number of hydrogen-bond donors (Lipinski definition) is 3. The average Bonchev–Trinajstić information content (AvgIpc) is 3.32. The van der Waals surface area contributed by atoms with Crippen molar-refractivity contribution < 1.29 is 13.0 Å². The average molecular weight is 437 g/mol. The van der Waals surface area contributed by atoms with E-state index in [4.69, 9.17) is 4.55 Å². The summed E-state index contributed by atoms with van der Waals surface area (Å²) in [4.78, 5) is 8.97. The Kier molecular flexibility index (Phi) is 6.97. The second kappa shape index (κ2) is 8.62. The molecule has 0 radical (unpaired) electrons. The van der Waals surface area contributed by atoms with Crippen LogP contribution in [-0.2, 0) is 10.1 Å². The van der Waals surface area contributed by atoms with Gasteiger partial charge >= 0.3 is 0 Å². The molecule has 3 rings (SSSR count). The number of nitrogens with zero attached hydrogens (tertiary/aromatic N) is 4. The van der Waals surface area contributed by atoms with Gasteiger partial charge in [-0.25, -0.2) is 0 Å².